The topological polar surface area (TPSA) is 46.5 Å². The van der Waals surface area contributed by atoms with Gasteiger partial charge in [-0.1, -0.05) is 12.1 Å². The standard InChI is InChI=1S/C9H11O2P.CH4O/c1-11-9(10)8-4-2-3-7(5-8)6-12;1-2/h2-5H,6,12H2,1H3;2H,1H3. The Kier molecular flexibility index (Phi) is 6.99. The van der Waals surface area contributed by atoms with Crippen LogP contribution >= 0.6 is 9.24 Å². The number of aliphatic hydroxyl groups excluding tert-OH is 1. The molecule has 3 nitrogen and oxygen atoms in total. The molecule has 0 bridgehead atoms. The number of ether oxygens (including phenoxy) is 1. The van der Waals surface area contributed by atoms with Gasteiger partial charge in [-0.05, 0) is 23.9 Å². The quantitative estimate of drug-likeness (QED) is 0.598. The molecule has 0 aliphatic carbocycles. The van der Waals surface area contributed by atoms with Crippen LogP contribution in [0, 0.1) is 0 Å². The highest BCUT2D eigenvalue weighted by Gasteiger charge is 2.03. The van der Waals surface area contributed by atoms with Crippen LogP contribution in [0.3, 0.4) is 0 Å². The molecule has 78 valence electrons. The van der Waals surface area contributed by atoms with E-state index >= 15 is 0 Å². The van der Waals surface area contributed by atoms with Crippen LogP contribution in [-0.2, 0) is 10.9 Å². The molecule has 0 heterocycles. The van der Waals surface area contributed by atoms with Crippen LogP contribution in [-0.4, -0.2) is 25.3 Å². The van der Waals surface area contributed by atoms with Crippen LogP contribution in [0.5, 0.6) is 0 Å². The van der Waals surface area contributed by atoms with Crippen molar-refractivity contribution in [3.05, 3.63) is 35.4 Å². The fraction of sp³-hybridized carbons (Fsp3) is 0.300. The lowest BCUT2D eigenvalue weighted by Gasteiger charge is -2.00. The normalized spacial score (nSPS) is 8.57. The van der Waals surface area contributed by atoms with Crippen LogP contribution in [0.4, 0.5) is 0 Å². The number of benzene rings is 1. The number of esters is 1. The molecule has 1 N–H and O–H groups in total. The molecule has 0 saturated heterocycles. The molecular formula is C10H15O3P. The second kappa shape index (κ2) is 7.48. The lowest BCUT2D eigenvalue weighted by atomic mass is 10.1. The Hall–Kier alpha value is -0.920. The van der Waals surface area contributed by atoms with Gasteiger partial charge in [-0.3, -0.25) is 0 Å². The lowest BCUT2D eigenvalue weighted by molar-refractivity contribution is 0.0600. The van der Waals surface area contributed by atoms with Crippen molar-refractivity contribution in [1.29, 1.82) is 0 Å². The first kappa shape index (κ1) is 13.1. The maximum atomic E-state index is 11.1. The second-order valence-electron chi connectivity index (χ2n) is 2.40. The van der Waals surface area contributed by atoms with Gasteiger partial charge >= 0.3 is 5.97 Å². The first-order chi connectivity index (χ1) is 6.77. The van der Waals surface area contributed by atoms with Crippen molar-refractivity contribution in [2.45, 2.75) is 6.16 Å². The highest BCUT2D eigenvalue weighted by molar-refractivity contribution is 7.15. The molecule has 0 saturated carbocycles. The van der Waals surface area contributed by atoms with E-state index in [2.05, 4.69) is 14.0 Å². The summed E-state index contributed by atoms with van der Waals surface area (Å²) in [5.41, 5.74) is 1.72. The Bertz CT molecular complexity index is 286. The summed E-state index contributed by atoms with van der Waals surface area (Å²) in [6, 6.07) is 7.40. The van der Waals surface area contributed by atoms with E-state index in [1.807, 2.05) is 18.2 Å². The Morgan fingerprint density at radius 1 is 1.50 bits per heavy atom. The van der Waals surface area contributed by atoms with E-state index in [0.29, 0.717) is 5.56 Å². The third-order valence-corrected chi connectivity index (χ3v) is 2.06. The Balaban J connectivity index is 0.000000791. The van der Waals surface area contributed by atoms with E-state index in [4.69, 9.17) is 5.11 Å². The number of hydrogen-bond acceptors (Lipinski definition) is 3. The molecule has 14 heavy (non-hydrogen) atoms. The molecule has 0 aliphatic heterocycles. The first-order valence-corrected chi connectivity index (χ1v) is 4.91. The van der Waals surface area contributed by atoms with Gasteiger partial charge in [-0.2, -0.15) is 0 Å². The van der Waals surface area contributed by atoms with Crippen LogP contribution in [0.15, 0.2) is 24.3 Å². The molecule has 0 spiro atoms. The van der Waals surface area contributed by atoms with Crippen molar-refractivity contribution < 1.29 is 14.6 Å². The number of methoxy groups -OCH3 is 1. The van der Waals surface area contributed by atoms with Gasteiger partial charge in [0.25, 0.3) is 0 Å². The fourth-order valence-electron chi connectivity index (χ4n) is 0.943. The number of carbonyl (C=O) groups is 1. The summed E-state index contributed by atoms with van der Waals surface area (Å²) in [5, 5.41) is 7.00. The monoisotopic (exact) mass is 214 g/mol. The molecular weight excluding hydrogens is 199 g/mol. The summed E-state index contributed by atoms with van der Waals surface area (Å²) in [6.45, 7) is 0. The Labute approximate surface area is 86.3 Å². The maximum Gasteiger partial charge on any atom is 0.337 e. The van der Waals surface area contributed by atoms with Gasteiger partial charge in [-0.15, -0.1) is 9.24 Å². The molecule has 0 radical (unpaired) electrons. The molecule has 1 aromatic rings. The van der Waals surface area contributed by atoms with Crippen molar-refractivity contribution in [3.63, 3.8) is 0 Å². The molecule has 0 amide bonds. The van der Waals surface area contributed by atoms with Gasteiger partial charge in [0.05, 0.1) is 12.7 Å². The summed E-state index contributed by atoms with van der Waals surface area (Å²) in [6.07, 6.45) is 0.852. The van der Waals surface area contributed by atoms with E-state index in [1.165, 1.54) is 7.11 Å². The summed E-state index contributed by atoms with van der Waals surface area (Å²) in [5.74, 6) is -0.282. The number of carbonyl (C=O) groups excluding carboxylic acids is 1. The molecule has 0 fully saturated rings. The lowest BCUT2D eigenvalue weighted by Crippen LogP contribution is -2.00. The van der Waals surface area contributed by atoms with E-state index < -0.39 is 0 Å². The fourth-order valence-corrected chi connectivity index (χ4v) is 1.20. The van der Waals surface area contributed by atoms with Crippen LogP contribution in [0.1, 0.15) is 15.9 Å². The van der Waals surface area contributed by atoms with E-state index in [-0.39, 0.29) is 5.97 Å². The predicted octanol–water partition coefficient (Wildman–Crippen LogP) is 1.46. The van der Waals surface area contributed by atoms with Gasteiger partial charge in [0.1, 0.15) is 0 Å². The van der Waals surface area contributed by atoms with E-state index in [1.54, 1.807) is 6.07 Å². The van der Waals surface area contributed by atoms with Crippen molar-refractivity contribution >= 4 is 15.2 Å². The molecule has 4 heteroatoms. The van der Waals surface area contributed by atoms with Crippen molar-refractivity contribution in [2.24, 2.45) is 0 Å². The zero-order valence-electron chi connectivity index (χ0n) is 8.36. The van der Waals surface area contributed by atoms with Crippen molar-refractivity contribution in [2.75, 3.05) is 14.2 Å². The van der Waals surface area contributed by atoms with E-state index in [9.17, 15) is 4.79 Å². The smallest absolute Gasteiger partial charge is 0.337 e. The second-order valence-corrected chi connectivity index (χ2v) is 2.80. The van der Waals surface area contributed by atoms with Gasteiger partial charge in [-0.25, -0.2) is 4.79 Å². The molecule has 0 aliphatic rings. The van der Waals surface area contributed by atoms with Gasteiger partial charge < -0.3 is 9.84 Å². The molecule has 1 aromatic carbocycles. The van der Waals surface area contributed by atoms with Gasteiger partial charge in [0, 0.05) is 7.11 Å². The number of hydrogen-bond donors (Lipinski definition) is 1. The molecule has 1 rings (SSSR count). The average Bonchev–Trinajstić information content (AvgIpc) is 2.30. The van der Waals surface area contributed by atoms with Crippen LogP contribution in [0.2, 0.25) is 0 Å². The van der Waals surface area contributed by atoms with Crippen LogP contribution in [0.25, 0.3) is 0 Å². The largest absolute Gasteiger partial charge is 0.465 e. The van der Waals surface area contributed by atoms with Crippen LogP contribution < -0.4 is 0 Å². The zero-order valence-corrected chi connectivity index (χ0v) is 9.51. The SMILES string of the molecule is CO.COC(=O)c1cccc(CP)c1. The maximum absolute atomic E-state index is 11.1. The first-order valence-electron chi connectivity index (χ1n) is 4.10. The third-order valence-electron chi connectivity index (χ3n) is 1.58. The minimum atomic E-state index is -0.282. The third kappa shape index (κ3) is 3.86. The minimum absolute atomic E-state index is 0.282. The molecule has 1 atom stereocenters. The number of rotatable bonds is 2. The van der Waals surface area contributed by atoms with Crippen molar-refractivity contribution in [3.8, 4) is 0 Å². The summed E-state index contributed by atoms with van der Waals surface area (Å²) >= 11 is 0. The highest BCUT2D eigenvalue weighted by Crippen LogP contribution is 2.09. The highest BCUT2D eigenvalue weighted by atomic mass is 31.0. The van der Waals surface area contributed by atoms with E-state index in [0.717, 1.165) is 18.8 Å². The summed E-state index contributed by atoms with van der Waals surface area (Å²) < 4.78 is 4.59. The summed E-state index contributed by atoms with van der Waals surface area (Å²) in [7, 11) is 5.00. The van der Waals surface area contributed by atoms with Crippen molar-refractivity contribution in [1.82, 2.24) is 0 Å². The molecule has 1 unspecified atom stereocenters. The van der Waals surface area contributed by atoms with Gasteiger partial charge in [0.2, 0.25) is 0 Å². The Morgan fingerprint density at radius 2 is 2.14 bits per heavy atom. The van der Waals surface area contributed by atoms with Gasteiger partial charge in [0.15, 0.2) is 0 Å². The zero-order chi connectivity index (χ0) is 11.0. The predicted molar refractivity (Wildman–Crippen MR) is 59.3 cm³/mol. The summed E-state index contributed by atoms with van der Waals surface area (Å²) in [4.78, 5) is 11.1. The molecule has 0 aromatic heterocycles. The minimum Gasteiger partial charge on any atom is -0.465 e. The number of aliphatic hydroxyl groups is 1. The average molecular weight is 214 g/mol. The Morgan fingerprint density at radius 3 is 2.64 bits per heavy atom.